The number of ether oxygens (including phenoxy) is 3. The third kappa shape index (κ3) is 3.74. The lowest BCUT2D eigenvalue weighted by molar-refractivity contribution is -0.126. The van der Waals surface area contributed by atoms with E-state index in [4.69, 9.17) is 14.2 Å². The van der Waals surface area contributed by atoms with Crippen molar-refractivity contribution in [3.63, 3.8) is 0 Å². The van der Waals surface area contributed by atoms with Crippen LogP contribution in [0.5, 0.6) is 17.2 Å². The molecule has 8 nitrogen and oxygen atoms in total. The van der Waals surface area contributed by atoms with E-state index in [-0.39, 0.29) is 18.3 Å². The summed E-state index contributed by atoms with van der Waals surface area (Å²) in [4.78, 5) is 27.2. The molecule has 0 aliphatic carbocycles. The zero-order chi connectivity index (χ0) is 22.1. The van der Waals surface area contributed by atoms with E-state index in [9.17, 15) is 14.0 Å². The molecule has 9 heteroatoms. The molecule has 0 aromatic heterocycles. The molecule has 3 amide bonds. The molecule has 0 saturated heterocycles. The van der Waals surface area contributed by atoms with Crippen LogP contribution in [0.1, 0.15) is 17.2 Å². The molecular weight excluding hydrogens is 405 g/mol. The summed E-state index contributed by atoms with van der Waals surface area (Å²) in [7, 11) is 4.50. The van der Waals surface area contributed by atoms with Gasteiger partial charge in [-0.2, -0.15) is 0 Å². The van der Waals surface area contributed by atoms with Gasteiger partial charge in [0.1, 0.15) is 5.82 Å². The number of hydrogen-bond acceptors (Lipinski definition) is 5. The number of methoxy groups -OCH3 is 3. The standard InChI is InChI=1S/C22H22FN3O5/c1-29-16-8-13(9-17(30-2)20(16)31-3)19-18-15(24-22(28)25-19)11-26(21(18)27)10-12-4-6-14(23)7-5-12/h4-9,19H,10-11H2,1-3H3,(H2,24,25,28)/t19-/m0/s1. The molecule has 2 aromatic rings. The number of nitrogens with one attached hydrogen (secondary N) is 2. The van der Waals surface area contributed by atoms with Crippen LogP contribution in [0.3, 0.4) is 0 Å². The fourth-order valence-corrected chi connectivity index (χ4v) is 3.88. The van der Waals surface area contributed by atoms with E-state index in [1.165, 1.54) is 33.5 Å². The quantitative estimate of drug-likeness (QED) is 0.740. The van der Waals surface area contributed by atoms with Crippen LogP contribution >= 0.6 is 0 Å². The third-order valence-electron chi connectivity index (χ3n) is 5.33. The molecule has 2 aliphatic heterocycles. The topological polar surface area (TPSA) is 89.1 Å². The second-order valence-corrected chi connectivity index (χ2v) is 7.17. The smallest absolute Gasteiger partial charge is 0.319 e. The normalized spacial score (nSPS) is 17.8. The first-order valence-electron chi connectivity index (χ1n) is 9.59. The summed E-state index contributed by atoms with van der Waals surface area (Å²) in [6.45, 7) is 0.545. The Labute approximate surface area is 178 Å². The van der Waals surface area contributed by atoms with Gasteiger partial charge in [-0.25, -0.2) is 9.18 Å². The van der Waals surface area contributed by atoms with Crippen molar-refractivity contribution in [1.29, 1.82) is 0 Å². The van der Waals surface area contributed by atoms with Gasteiger partial charge in [0, 0.05) is 6.54 Å². The molecule has 1 atom stereocenters. The Morgan fingerprint density at radius 1 is 1.03 bits per heavy atom. The van der Waals surface area contributed by atoms with Crippen molar-refractivity contribution in [2.24, 2.45) is 0 Å². The van der Waals surface area contributed by atoms with Crippen LogP contribution in [0.4, 0.5) is 9.18 Å². The van der Waals surface area contributed by atoms with Gasteiger partial charge in [-0.1, -0.05) is 12.1 Å². The van der Waals surface area contributed by atoms with E-state index in [2.05, 4.69) is 10.6 Å². The van der Waals surface area contributed by atoms with Crippen LogP contribution in [-0.2, 0) is 11.3 Å². The van der Waals surface area contributed by atoms with Crippen molar-refractivity contribution in [2.75, 3.05) is 27.9 Å². The van der Waals surface area contributed by atoms with Crippen LogP contribution in [0.15, 0.2) is 47.7 Å². The lowest BCUT2D eigenvalue weighted by Crippen LogP contribution is -2.44. The predicted molar refractivity (Wildman–Crippen MR) is 109 cm³/mol. The summed E-state index contributed by atoms with van der Waals surface area (Å²) < 4.78 is 29.4. The van der Waals surface area contributed by atoms with E-state index in [1.807, 2.05) is 0 Å². The molecule has 0 spiro atoms. The van der Waals surface area contributed by atoms with E-state index in [1.54, 1.807) is 29.2 Å². The number of rotatable bonds is 6. The Kier molecular flexibility index (Phi) is 5.41. The molecule has 0 saturated carbocycles. The van der Waals surface area contributed by atoms with Gasteiger partial charge in [0.25, 0.3) is 5.91 Å². The minimum absolute atomic E-state index is 0.217. The van der Waals surface area contributed by atoms with Crippen LogP contribution < -0.4 is 24.8 Å². The maximum atomic E-state index is 13.2. The molecule has 0 radical (unpaired) electrons. The molecule has 2 aliphatic rings. The van der Waals surface area contributed by atoms with Crippen LogP contribution in [0.25, 0.3) is 0 Å². The minimum atomic E-state index is -0.692. The first kappa shape index (κ1) is 20.5. The highest BCUT2D eigenvalue weighted by Gasteiger charge is 2.40. The molecule has 2 heterocycles. The molecule has 0 bridgehead atoms. The van der Waals surface area contributed by atoms with Crippen LogP contribution in [-0.4, -0.2) is 44.7 Å². The second kappa shape index (κ2) is 8.17. The fourth-order valence-electron chi connectivity index (χ4n) is 3.88. The average molecular weight is 427 g/mol. The Bertz CT molecular complexity index is 1040. The second-order valence-electron chi connectivity index (χ2n) is 7.17. The SMILES string of the molecule is COc1cc([C@@H]2NC(=O)NC3=C2C(=O)N(Cc2ccc(F)cc2)C3)cc(OC)c1OC. The monoisotopic (exact) mass is 427 g/mol. The van der Waals surface area contributed by atoms with Crippen LogP contribution in [0, 0.1) is 5.82 Å². The summed E-state index contributed by atoms with van der Waals surface area (Å²) in [5, 5.41) is 5.54. The summed E-state index contributed by atoms with van der Waals surface area (Å²) in [6, 6.07) is 8.28. The van der Waals surface area contributed by atoms with E-state index < -0.39 is 12.1 Å². The molecular formula is C22H22FN3O5. The number of benzene rings is 2. The van der Waals surface area contributed by atoms with Crippen LogP contribution in [0.2, 0.25) is 0 Å². The number of halogens is 1. The van der Waals surface area contributed by atoms with Gasteiger partial charge >= 0.3 is 6.03 Å². The van der Waals surface area contributed by atoms with Crippen molar-refractivity contribution < 1.29 is 28.2 Å². The van der Waals surface area contributed by atoms with Crippen molar-refractivity contribution in [2.45, 2.75) is 12.6 Å². The van der Waals surface area contributed by atoms with Crippen molar-refractivity contribution in [3.05, 3.63) is 64.6 Å². The Morgan fingerprint density at radius 2 is 1.68 bits per heavy atom. The largest absolute Gasteiger partial charge is 0.493 e. The van der Waals surface area contributed by atoms with E-state index in [0.717, 1.165) is 5.56 Å². The van der Waals surface area contributed by atoms with Gasteiger partial charge < -0.3 is 29.7 Å². The zero-order valence-corrected chi connectivity index (χ0v) is 17.3. The number of carbonyl (C=O) groups is 2. The van der Waals surface area contributed by atoms with Gasteiger partial charge in [0.15, 0.2) is 11.5 Å². The highest BCUT2D eigenvalue weighted by Crippen LogP contribution is 2.42. The zero-order valence-electron chi connectivity index (χ0n) is 17.3. The lowest BCUT2D eigenvalue weighted by atomic mass is 9.95. The molecule has 0 unspecified atom stereocenters. The molecule has 2 N–H and O–H groups in total. The fraction of sp³-hybridized carbons (Fsp3) is 0.273. The Hall–Kier alpha value is -3.75. The molecule has 31 heavy (non-hydrogen) atoms. The summed E-state index contributed by atoms with van der Waals surface area (Å²) in [5.41, 5.74) is 2.39. The van der Waals surface area contributed by atoms with E-state index in [0.29, 0.717) is 40.6 Å². The van der Waals surface area contributed by atoms with Crippen molar-refractivity contribution >= 4 is 11.9 Å². The summed E-state index contributed by atoms with van der Waals surface area (Å²) >= 11 is 0. The molecule has 0 fully saturated rings. The number of amides is 3. The van der Waals surface area contributed by atoms with Crippen molar-refractivity contribution in [1.82, 2.24) is 15.5 Å². The Balaban J connectivity index is 1.68. The molecule has 162 valence electrons. The molecule has 4 rings (SSSR count). The number of carbonyl (C=O) groups excluding carboxylic acids is 2. The minimum Gasteiger partial charge on any atom is -0.493 e. The summed E-state index contributed by atoms with van der Waals surface area (Å²) in [5.74, 6) is 0.693. The maximum Gasteiger partial charge on any atom is 0.319 e. The van der Waals surface area contributed by atoms with E-state index >= 15 is 0 Å². The van der Waals surface area contributed by atoms with Gasteiger partial charge in [0.2, 0.25) is 5.75 Å². The highest BCUT2D eigenvalue weighted by atomic mass is 19.1. The number of urea groups is 1. The summed E-state index contributed by atoms with van der Waals surface area (Å²) in [6.07, 6.45) is 0. The maximum absolute atomic E-state index is 13.2. The average Bonchev–Trinajstić information content (AvgIpc) is 3.08. The Morgan fingerprint density at radius 3 is 2.26 bits per heavy atom. The number of nitrogens with zero attached hydrogens (tertiary/aromatic N) is 1. The van der Waals surface area contributed by atoms with Gasteiger partial charge in [0.05, 0.1) is 45.2 Å². The predicted octanol–water partition coefficient (Wildman–Crippen LogP) is 2.50. The lowest BCUT2D eigenvalue weighted by Gasteiger charge is -2.26. The first-order chi connectivity index (χ1) is 14.9. The van der Waals surface area contributed by atoms with Crippen molar-refractivity contribution in [3.8, 4) is 17.2 Å². The first-order valence-corrected chi connectivity index (χ1v) is 9.59. The molecule has 2 aromatic carbocycles. The number of hydrogen-bond donors (Lipinski definition) is 2. The van der Waals surface area contributed by atoms with Gasteiger partial charge in [-0.05, 0) is 35.4 Å². The third-order valence-corrected chi connectivity index (χ3v) is 5.33. The van der Waals surface area contributed by atoms with Gasteiger partial charge in [-0.3, -0.25) is 4.79 Å². The highest BCUT2D eigenvalue weighted by molar-refractivity contribution is 6.01. The van der Waals surface area contributed by atoms with Gasteiger partial charge in [-0.15, -0.1) is 0 Å².